The van der Waals surface area contributed by atoms with Crippen LogP contribution in [0.1, 0.15) is 19.8 Å². The number of amides is 1. The molecule has 1 fully saturated rings. The summed E-state index contributed by atoms with van der Waals surface area (Å²) in [6, 6.07) is 0. The van der Waals surface area contributed by atoms with E-state index in [0.29, 0.717) is 5.92 Å². The SMILES string of the molecule is CNCC(C)CNC(=O)[C@@H]1CCCO1. The van der Waals surface area contributed by atoms with E-state index in [1.54, 1.807) is 0 Å². The number of rotatable bonds is 5. The van der Waals surface area contributed by atoms with E-state index < -0.39 is 0 Å². The van der Waals surface area contributed by atoms with Crippen LogP contribution in [-0.4, -0.2) is 38.8 Å². The molecule has 2 atom stereocenters. The Morgan fingerprint density at radius 3 is 2.93 bits per heavy atom. The second-order valence-corrected chi connectivity index (χ2v) is 3.91. The minimum atomic E-state index is -0.197. The van der Waals surface area contributed by atoms with E-state index in [2.05, 4.69) is 17.6 Å². The van der Waals surface area contributed by atoms with E-state index in [9.17, 15) is 4.79 Å². The summed E-state index contributed by atoms with van der Waals surface area (Å²) in [5.41, 5.74) is 0. The summed E-state index contributed by atoms with van der Waals surface area (Å²) >= 11 is 0. The smallest absolute Gasteiger partial charge is 0.249 e. The Kier molecular flexibility index (Phi) is 4.90. The highest BCUT2D eigenvalue weighted by atomic mass is 16.5. The molecule has 1 aliphatic heterocycles. The number of ether oxygens (including phenoxy) is 1. The largest absolute Gasteiger partial charge is 0.368 e. The van der Waals surface area contributed by atoms with Crippen molar-refractivity contribution in [2.45, 2.75) is 25.9 Å². The van der Waals surface area contributed by atoms with Crippen molar-refractivity contribution >= 4 is 5.91 Å². The van der Waals surface area contributed by atoms with Gasteiger partial charge in [-0.2, -0.15) is 0 Å². The Labute approximate surface area is 85.4 Å². The molecule has 1 heterocycles. The molecule has 1 unspecified atom stereocenters. The lowest BCUT2D eigenvalue weighted by molar-refractivity contribution is -0.130. The van der Waals surface area contributed by atoms with E-state index in [1.807, 2.05) is 7.05 Å². The first-order valence-corrected chi connectivity index (χ1v) is 5.28. The van der Waals surface area contributed by atoms with Crippen LogP contribution < -0.4 is 10.6 Å². The van der Waals surface area contributed by atoms with Crippen LogP contribution in [0.3, 0.4) is 0 Å². The first-order valence-electron chi connectivity index (χ1n) is 5.28. The topological polar surface area (TPSA) is 50.4 Å². The molecule has 1 amide bonds. The molecule has 2 N–H and O–H groups in total. The lowest BCUT2D eigenvalue weighted by atomic mass is 10.1. The van der Waals surface area contributed by atoms with Gasteiger partial charge >= 0.3 is 0 Å². The van der Waals surface area contributed by atoms with Crippen LogP contribution >= 0.6 is 0 Å². The number of hydrogen-bond donors (Lipinski definition) is 2. The predicted octanol–water partition coefficient (Wildman–Crippen LogP) is 0.137. The Morgan fingerprint density at radius 2 is 2.36 bits per heavy atom. The standard InChI is InChI=1S/C10H20N2O2/c1-8(6-11-2)7-12-10(13)9-4-3-5-14-9/h8-9,11H,3-7H2,1-2H3,(H,12,13)/t8?,9-/m0/s1. The molecule has 0 spiro atoms. The molecule has 14 heavy (non-hydrogen) atoms. The molecule has 0 aromatic heterocycles. The maximum atomic E-state index is 11.5. The molecular formula is C10H20N2O2. The molecule has 0 aliphatic carbocycles. The molecule has 4 nitrogen and oxygen atoms in total. The third kappa shape index (κ3) is 3.64. The number of carbonyl (C=O) groups is 1. The second kappa shape index (κ2) is 5.98. The van der Waals surface area contributed by atoms with Gasteiger partial charge in [0.2, 0.25) is 5.91 Å². The summed E-state index contributed by atoms with van der Waals surface area (Å²) in [5, 5.41) is 5.98. The summed E-state index contributed by atoms with van der Waals surface area (Å²) in [4.78, 5) is 11.5. The van der Waals surface area contributed by atoms with Crippen LogP contribution in [0, 0.1) is 5.92 Å². The van der Waals surface area contributed by atoms with Crippen LogP contribution in [0.25, 0.3) is 0 Å². The van der Waals surface area contributed by atoms with E-state index in [1.165, 1.54) is 0 Å². The molecule has 0 saturated carbocycles. The first kappa shape index (κ1) is 11.5. The van der Waals surface area contributed by atoms with Crippen molar-refractivity contribution in [1.82, 2.24) is 10.6 Å². The van der Waals surface area contributed by atoms with Crippen LogP contribution in [0.4, 0.5) is 0 Å². The lowest BCUT2D eigenvalue weighted by Gasteiger charge is -2.14. The number of carbonyl (C=O) groups excluding carboxylic acids is 1. The number of nitrogens with one attached hydrogen (secondary N) is 2. The van der Waals surface area contributed by atoms with Gasteiger partial charge in [-0.1, -0.05) is 6.92 Å². The highest BCUT2D eigenvalue weighted by Gasteiger charge is 2.23. The predicted molar refractivity (Wildman–Crippen MR) is 55.1 cm³/mol. The van der Waals surface area contributed by atoms with Crippen molar-refractivity contribution in [2.24, 2.45) is 5.92 Å². The van der Waals surface area contributed by atoms with Gasteiger partial charge in [0.25, 0.3) is 0 Å². The zero-order chi connectivity index (χ0) is 10.4. The molecular weight excluding hydrogens is 180 g/mol. The second-order valence-electron chi connectivity index (χ2n) is 3.91. The molecule has 1 aliphatic rings. The summed E-state index contributed by atoms with van der Waals surface area (Å²) in [6.07, 6.45) is 1.67. The monoisotopic (exact) mass is 200 g/mol. The average Bonchev–Trinajstić information content (AvgIpc) is 2.67. The van der Waals surface area contributed by atoms with Crippen molar-refractivity contribution in [3.63, 3.8) is 0 Å². The average molecular weight is 200 g/mol. The van der Waals surface area contributed by atoms with Crippen molar-refractivity contribution in [2.75, 3.05) is 26.7 Å². The highest BCUT2D eigenvalue weighted by Crippen LogP contribution is 2.11. The van der Waals surface area contributed by atoms with Crippen molar-refractivity contribution in [3.8, 4) is 0 Å². The van der Waals surface area contributed by atoms with E-state index in [-0.39, 0.29) is 12.0 Å². The van der Waals surface area contributed by atoms with Crippen molar-refractivity contribution < 1.29 is 9.53 Å². The van der Waals surface area contributed by atoms with Crippen molar-refractivity contribution in [3.05, 3.63) is 0 Å². The molecule has 0 aromatic rings. The molecule has 1 saturated heterocycles. The van der Waals surface area contributed by atoms with E-state index in [0.717, 1.165) is 32.5 Å². The third-order valence-electron chi connectivity index (χ3n) is 2.40. The maximum absolute atomic E-state index is 11.5. The zero-order valence-electron chi connectivity index (χ0n) is 9.01. The summed E-state index contributed by atoms with van der Waals surface area (Å²) in [5.74, 6) is 0.510. The fourth-order valence-electron chi connectivity index (χ4n) is 1.59. The fraction of sp³-hybridized carbons (Fsp3) is 0.900. The highest BCUT2D eigenvalue weighted by molar-refractivity contribution is 5.80. The van der Waals surface area contributed by atoms with Gasteiger partial charge in [-0.05, 0) is 32.4 Å². The van der Waals surface area contributed by atoms with Gasteiger partial charge in [0, 0.05) is 13.2 Å². The van der Waals surface area contributed by atoms with Crippen LogP contribution in [0.2, 0.25) is 0 Å². The van der Waals surface area contributed by atoms with E-state index in [4.69, 9.17) is 4.74 Å². The van der Waals surface area contributed by atoms with Crippen LogP contribution in [0.15, 0.2) is 0 Å². The first-order chi connectivity index (χ1) is 6.74. The minimum absolute atomic E-state index is 0.0467. The Hall–Kier alpha value is -0.610. The molecule has 82 valence electrons. The van der Waals surface area contributed by atoms with E-state index >= 15 is 0 Å². The summed E-state index contributed by atoms with van der Waals surface area (Å²) in [6.45, 7) is 4.47. The van der Waals surface area contributed by atoms with Crippen molar-refractivity contribution in [1.29, 1.82) is 0 Å². The minimum Gasteiger partial charge on any atom is -0.368 e. The zero-order valence-corrected chi connectivity index (χ0v) is 9.01. The molecule has 0 aromatic carbocycles. The molecule has 0 radical (unpaired) electrons. The lowest BCUT2D eigenvalue weighted by Crippen LogP contribution is -2.38. The number of hydrogen-bond acceptors (Lipinski definition) is 3. The maximum Gasteiger partial charge on any atom is 0.249 e. The molecule has 4 heteroatoms. The van der Waals surface area contributed by atoms with Gasteiger partial charge in [-0.3, -0.25) is 4.79 Å². The van der Waals surface area contributed by atoms with Crippen LogP contribution in [-0.2, 0) is 9.53 Å². The van der Waals surface area contributed by atoms with Gasteiger partial charge in [-0.25, -0.2) is 0 Å². The normalized spacial score (nSPS) is 23.4. The van der Waals surface area contributed by atoms with Gasteiger partial charge in [0.1, 0.15) is 6.10 Å². The summed E-state index contributed by atoms with van der Waals surface area (Å²) < 4.78 is 5.28. The Bertz CT molecular complexity index is 179. The van der Waals surface area contributed by atoms with Crippen LogP contribution in [0.5, 0.6) is 0 Å². The van der Waals surface area contributed by atoms with Gasteiger partial charge in [0.15, 0.2) is 0 Å². The van der Waals surface area contributed by atoms with Gasteiger partial charge in [0.05, 0.1) is 0 Å². The Morgan fingerprint density at radius 1 is 1.57 bits per heavy atom. The Balaban J connectivity index is 2.13. The fourth-order valence-corrected chi connectivity index (χ4v) is 1.59. The third-order valence-corrected chi connectivity index (χ3v) is 2.40. The quantitative estimate of drug-likeness (QED) is 0.663. The molecule has 1 rings (SSSR count). The summed E-state index contributed by atoms with van der Waals surface area (Å²) in [7, 11) is 1.92. The van der Waals surface area contributed by atoms with Gasteiger partial charge in [-0.15, -0.1) is 0 Å². The molecule has 0 bridgehead atoms. The van der Waals surface area contributed by atoms with Gasteiger partial charge < -0.3 is 15.4 Å².